The average Bonchev–Trinajstić information content (AvgIpc) is 3.54. The lowest BCUT2D eigenvalue weighted by Crippen LogP contribution is -2.16. The summed E-state index contributed by atoms with van der Waals surface area (Å²) in [5.41, 5.74) is 5.16. The molecule has 0 unspecified atom stereocenters. The number of anilines is 3. The molecule has 1 aromatic heterocycles. The van der Waals surface area contributed by atoms with Crippen molar-refractivity contribution in [1.82, 2.24) is 9.78 Å². The fourth-order valence-corrected chi connectivity index (χ4v) is 3.43. The highest BCUT2D eigenvalue weighted by atomic mass is 16.2. The minimum atomic E-state index is -0.165. The Balaban J connectivity index is 1.35. The number of aromatic nitrogens is 2. The Morgan fingerprint density at radius 3 is 2.07 bits per heavy atom. The summed E-state index contributed by atoms with van der Waals surface area (Å²) in [5, 5.41) is 11.1. The quantitative estimate of drug-likeness (QED) is 0.438. The number of nitrogens with one attached hydrogen (secondary N) is 2. The maximum Gasteiger partial charge on any atom is 0.274 e. The van der Waals surface area contributed by atoms with Crippen molar-refractivity contribution in [3.63, 3.8) is 0 Å². The predicted octanol–water partition coefficient (Wildman–Crippen LogP) is 5.75. The van der Waals surface area contributed by atoms with Crippen LogP contribution in [-0.2, 0) is 0 Å². The predicted molar refractivity (Wildman–Crippen MR) is 120 cm³/mol. The lowest BCUT2D eigenvalue weighted by atomic mass is 10.2. The molecule has 1 fully saturated rings. The Morgan fingerprint density at radius 2 is 1.40 bits per heavy atom. The smallest absolute Gasteiger partial charge is 0.274 e. The van der Waals surface area contributed by atoms with E-state index in [1.165, 1.54) is 0 Å². The van der Waals surface area contributed by atoms with Gasteiger partial charge in [0.25, 0.3) is 5.91 Å². The zero-order chi connectivity index (χ0) is 20.3. The molecule has 0 saturated heterocycles. The van der Waals surface area contributed by atoms with Crippen LogP contribution in [0.25, 0.3) is 5.69 Å². The van der Waals surface area contributed by atoms with E-state index in [2.05, 4.69) is 10.6 Å². The third-order valence-electron chi connectivity index (χ3n) is 5.16. The number of amides is 1. The summed E-state index contributed by atoms with van der Waals surface area (Å²) in [7, 11) is 0. The van der Waals surface area contributed by atoms with Crippen LogP contribution < -0.4 is 10.6 Å². The number of nitrogens with zero attached hydrogens (tertiary/aromatic N) is 2. The molecule has 1 saturated carbocycles. The second-order valence-corrected chi connectivity index (χ2v) is 7.50. The minimum absolute atomic E-state index is 0.165. The molecule has 0 spiro atoms. The van der Waals surface area contributed by atoms with Crippen LogP contribution in [0.15, 0.2) is 91.0 Å². The molecule has 3 aromatic carbocycles. The Labute approximate surface area is 175 Å². The van der Waals surface area contributed by atoms with Crippen LogP contribution in [0, 0.1) is 0 Å². The van der Waals surface area contributed by atoms with E-state index in [9.17, 15) is 4.79 Å². The van der Waals surface area contributed by atoms with E-state index in [1.807, 2.05) is 91.0 Å². The van der Waals surface area contributed by atoms with Crippen molar-refractivity contribution < 1.29 is 4.79 Å². The van der Waals surface area contributed by atoms with Gasteiger partial charge in [-0.2, -0.15) is 5.10 Å². The highest BCUT2D eigenvalue weighted by molar-refractivity contribution is 6.03. The van der Waals surface area contributed by atoms with Crippen molar-refractivity contribution in [2.24, 2.45) is 0 Å². The molecule has 1 amide bonds. The van der Waals surface area contributed by atoms with E-state index in [1.54, 1.807) is 4.68 Å². The molecule has 1 aliphatic rings. The minimum Gasteiger partial charge on any atom is -0.356 e. The Hall–Kier alpha value is -3.86. The number of carbonyl (C=O) groups is 1. The number of carbonyl (C=O) groups excluding carboxylic acids is 1. The van der Waals surface area contributed by atoms with Crippen LogP contribution in [0.5, 0.6) is 0 Å². The van der Waals surface area contributed by atoms with Crippen LogP contribution in [0.3, 0.4) is 0 Å². The zero-order valence-electron chi connectivity index (χ0n) is 16.5. The second kappa shape index (κ2) is 7.87. The standard InChI is InChI=1S/C25H22N4O/c30-25(27-21-15-13-20(14-16-21)26-19-7-3-1-4-8-19)24-17-23(18-11-12-18)28-29(24)22-9-5-2-6-10-22/h1-10,13-18,26H,11-12H2,(H,27,30). The number of hydrogen-bond donors (Lipinski definition) is 2. The molecule has 0 atom stereocenters. The third kappa shape index (κ3) is 3.96. The zero-order valence-corrected chi connectivity index (χ0v) is 16.5. The van der Waals surface area contributed by atoms with Crippen LogP contribution in [-0.4, -0.2) is 15.7 Å². The van der Waals surface area contributed by atoms with Crippen molar-refractivity contribution in [3.05, 3.63) is 102 Å². The van der Waals surface area contributed by atoms with E-state index in [4.69, 9.17) is 5.10 Å². The first-order chi connectivity index (χ1) is 14.8. The molecule has 5 rings (SSSR count). The van der Waals surface area contributed by atoms with Gasteiger partial charge in [-0.1, -0.05) is 36.4 Å². The van der Waals surface area contributed by atoms with Crippen LogP contribution >= 0.6 is 0 Å². The molecule has 148 valence electrons. The van der Waals surface area contributed by atoms with E-state index in [0.29, 0.717) is 11.6 Å². The molecule has 1 heterocycles. The Morgan fingerprint density at radius 1 is 0.800 bits per heavy atom. The van der Waals surface area contributed by atoms with Crippen molar-refractivity contribution in [1.29, 1.82) is 0 Å². The largest absolute Gasteiger partial charge is 0.356 e. The molecule has 5 nitrogen and oxygen atoms in total. The average molecular weight is 394 g/mol. The van der Waals surface area contributed by atoms with Gasteiger partial charge >= 0.3 is 0 Å². The SMILES string of the molecule is O=C(Nc1ccc(Nc2ccccc2)cc1)c1cc(C2CC2)nn1-c1ccccc1. The first-order valence-electron chi connectivity index (χ1n) is 10.2. The Bertz CT molecular complexity index is 1150. The van der Waals surface area contributed by atoms with Gasteiger partial charge in [-0.3, -0.25) is 4.79 Å². The lowest BCUT2D eigenvalue weighted by Gasteiger charge is -2.10. The topological polar surface area (TPSA) is 59.0 Å². The first kappa shape index (κ1) is 18.2. The monoisotopic (exact) mass is 394 g/mol. The van der Waals surface area contributed by atoms with Crippen molar-refractivity contribution in [2.75, 3.05) is 10.6 Å². The van der Waals surface area contributed by atoms with Crippen LogP contribution in [0.1, 0.15) is 34.9 Å². The summed E-state index contributed by atoms with van der Waals surface area (Å²) in [4.78, 5) is 13.1. The highest BCUT2D eigenvalue weighted by Gasteiger charge is 2.29. The van der Waals surface area contributed by atoms with Crippen LogP contribution in [0.2, 0.25) is 0 Å². The summed E-state index contributed by atoms with van der Waals surface area (Å²) in [5.74, 6) is 0.312. The van der Waals surface area contributed by atoms with Gasteiger partial charge in [0.1, 0.15) is 5.69 Å². The fraction of sp³-hybridized carbons (Fsp3) is 0.120. The number of hydrogen-bond acceptors (Lipinski definition) is 3. The summed E-state index contributed by atoms with van der Waals surface area (Å²) in [6.07, 6.45) is 2.28. The number of para-hydroxylation sites is 2. The van der Waals surface area contributed by atoms with Gasteiger partial charge in [0, 0.05) is 23.0 Å². The molecule has 0 bridgehead atoms. The summed E-state index contributed by atoms with van der Waals surface area (Å²) < 4.78 is 1.74. The lowest BCUT2D eigenvalue weighted by molar-refractivity contribution is 0.101. The summed E-state index contributed by atoms with van der Waals surface area (Å²) in [6, 6.07) is 29.4. The summed E-state index contributed by atoms with van der Waals surface area (Å²) >= 11 is 0. The first-order valence-corrected chi connectivity index (χ1v) is 10.2. The fourth-order valence-electron chi connectivity index (χ4n) is 3.43. The maximum absolute atomic E-state index is 13.1. The van der Waals surface area contributed by atoms with Gasteiger partial charge in [-0.15, -0.1) is 0 Å². The highest BCUT2D eigenvalue weighted by Crippen LogP contribution is 2.39. The normalized spacial score (nSPS) is 13.1. The molecule has 0 aliphatic heterocycles. The number of benzene rings is 3. The molecule has 1 aliphatic carbocycles. The number of rotatable bonds is 6. The summed E-state index contributed by atoms with van der Waals surface area (Å²) in [6.45, 7) is 0. The molecule has 30 heavy (non-hydrogen) atoms. The molecular formula is C25H22N4O. The van der Waals surface area contributed by atoms with Gasteiger partial charge < -0.3 is 10.6 Å². The van der Waals surface area contributed by atoms with E-state index < -0.39 is 0 Å². The van der Waals surface area contributed by atoms with E-state index in [0.717, 1.165) is 41.3 Å². The van der Waals surface area contributed by atoms with Crippen molar-refractivity contribution >= 4 is 23.0 Å². The molecule has 5 heteroatoms. The van der Waals surface area contributed by atoms with Gasteiger partial charge in [-0.05, 0) is 67.4 Å². The molecule has 2 N–H and O–H groups in total. The molecular weight excluding hydrogens is 372 g/mol. The van der Waals surface area contributed by atoms with Gasteiger partial charge in [0.05, 0.1) is 11.4 Å². The maximum atomic E-state index is 13.1. The van der Waals surface area contributed by atoms with Crippen LogP contribution in [0.4, 0.5) is 17.1 Å². The molecule has 4 aromatic rings. The van der Waals surface area contributed by atoms with E-state index in [-0.39, 0.29) is 5.91 Å². The third-order valence-corrected chi connectivity index (χ3v) is 5.16. The van der Waals surface area contributed by atoms with Crippen molar-refractivity contribution in [2.45, 2.75) is 18.8 Å². The van der Waals surface area contributed by atoms with E-state index >= 15 is 0 Å². The van der Waals surface area contributed by atoms with Gasteiger partial charge in [0.2, 0.25) is 0 Å². The van der Waals surface area contributed by atoms with Gasteiger partial charge in [-0.25, -0.2) is 4.68 Å². The van der Waals surface area contributed by atoms with Gasteiger partial charge in [0.15, 0.2) is 0 Å². The second-order valence-electron chi connectivity index (χ2n) is 7.50. The molecule has 0 radical (unpaired) electrons. The Kier molecular flexibility index (Phi) is 4.77. The van der Waals surface area contributed by atoms with Crippen molar-refractivity contribution in [3.8, 4) is 5.69 Å².